The summed E-state index contributed by atoms with van der Waals surface area (Å²) in [6, 6.07) is 19.8. The molecule has 3 rings (SSSR count). The van der Waals surface area contributed by atoms with Crippen LogP contribution in [0.1, 0.15) is 0 Å². The predicted molar refractivity (Wildman–Crippen MR) is 121 cm³/mol. The van der Waals surface area contributed by atoms with Gasteiger partial charge in [-0.05, 0) is 72.8 Å². The molecule has 0 amide bonds. The van der Waals surface area contributed by atoms with E-state index in [2.05, 4.69) is 15.3 Å². The van der Waals surface area contributed by atoms with Gasteiger partial charge in [-0.15, -0.1) is 0 Å². The molecule has 3 aromatic carbocycles. The van der Waals surface area contributed by atoms with Gasteiger partial charge in [0, 0.05) is 24.5 Å². The largest absolute Gasteiger partial charge is 0.490 e. The van der Waals surface area contributed by atoms with E-state index < -0.39 is 6.72 Å². The van der Waals surface area contributed by atoms with E-state index >= 15 is 0 Å². The molecule has 31 heavy (non-hydrogen) atoms. The first-order valence-electron chi connectivity index (χ1n) is 8.86. The minimum absolute atomic E-state index is 0.377. The summed E-state index contributed by atoms with van der Waals surface area (Å²) >= 11 is 5.63. The van der Waals surface area contributed by atoms with E-state index in [0.717, 1.165) is 5.69 Å². The molecule has 156 valence electrons. The second-order valence-corrected chi connectivity index (χ2v) is 8.67. The van der Waals surface area contributed by atoms with Crippen LogP contribution in [0.15, 0.2) is 82.8 Å². The average Bonchev–Trinajstić information content (AvgIpc) is 2.77. The van der Waals surface area contributed by atoms with Crippen molar-refractivity contribution in [3.05, 3.63) is 72.8 Å². The van der Waals surface area contributed by atoms with Gasteiger partial charge in [0.15, 0.2) is 0 Å². The first-order chi connectivity index (χ1) is 15.0. The molecule has 0 spiro atoms. The Morgan fingerprint density at radius 1 is 0.710 bits per heavy atom. The summed E-state index contributed by atoms with van der Waals surface area (Å²) in [6.45, 7) is -3.37. The monoisotopic (exact) mass is 453 g/mol. The Bertz CT molecular complexity index is 1100. The fourth-order valence-corrected chi connectivity index (χ4v) is 4.42. The molecule has 0 fully saturated rings. The van der Waals surface area contributed by atoms with Gasteiger partial charge in [0.1, 0.15) is 17.2 Å². The van der Waals surface area contributed by atoms with Gasteiger partial charge < -0.3 is 18.9 Å². The molecule has 0 heterocycles. The zero-order valence-electron chi connectivity index (χ0n) is 16.2. The third-order valence-electron chi connectivity index (χ3n) is 3.82. The van der Waals surface area contributed by atoms with E-state index in [-0.39, 0.29) is 0 Å². The highest BCUT2D eigenvalue weighted by molar-refractivity contribution is 8.08. The molecule has 0 saturated heterocycles. The minimum atomic E-state index is -3.37. The molecule has 0 aliphatic carbocycles. The van der Waals surface area contributed by atoms with Crippen molar-refractivity contribution in [2.45, 2.75) is 0 Å². The molecule has 0 aliphatic heterocycles. The summed E-state index contributed by atoms with van der Waals surface area (Å²) in [7, 11) is 1.81. The standard InChI is InChI=1S/C21H16N3O5PS/c1-22-16-2-8-19(9-3-16)27-30(31,28-20-10-4-17(5-11-20)23-14-25)29-21-12-6-18(7-13-21)24-15-26/h2-13,22H,1H3. The van der Waals surface area contributed by atoms with E-state index in [1.54, 1.807) is 60.7 Å². The zero-order valence-corrected chi connectivity index (χ0v) is 17.9. The Balaban J connectivity index is 1.88. The number of rotatable bonds is 9. The average molecular weight is 453 g/mol. The van der Waals surface area contributed by atoms with Gasteiger partial charge in [-0.25, -0.2) is 9.59 Å². The normalized spacial score (nSPS) is 11.8. The van der Waals surface area contributed by atoms with E-state index in [9.17, 15) is 9.59 Å². The molecule has 3 aromatic rings. The van der Waals surface area contributed by atoms with Gasteiger partial charge in [0.05, 0.1) is 11.4 Å². The number of benzene rings is 3. The molecule has 0 saturated carbocycles. The highest BCUT2D eigenvalue weighted by Crippen LogP contribution is 2.50. The smallest absolute Gasteiger partial charge is 0.407 e. The van der Waals surface area contributed by atoms with Crippen LogP contribution in [0.3, 0.4) is 0 Å². The van der Waals surface area contributed by atoms with Crippen molar-refractivity contribution in [1.82, 2.24) is 0 Å². The SMILES string of the molecule is CNc1ccc(OP(=S)(Oc2ccc(N=C=O)cc2)Oc2ccc(N=C=O)cc2)cc1. The van der Waals surface area contributed by atoms with Gasteiger partial charge >= 0.3 is 6.72 Å². The number of nitrogens with one attached hydrogen (secondary N) is 1. The molecule has 0 atom stereocenters. The summed E-state index contributed by atoms with van der Waals surface area (Å²) in [5, 5.41) is 3.02. The second kappa shape index (κ2) is 10.3. The lowest BCUT2D eigenvalue weighted by Gasteiger charge is -2.23. The number of aliphatic imine (C=N–C) groups is 2. The molecule has 8 nitrogen and oxygen atoms in total. The van der Waals surface area contributed by atoms with Crippen LogP contribution >= 0.6 is 6.72 Å². The van der Waals surface area contributed by atoms with Crippen molar-refractivity contribution in [3.8, 4) is 17.2 Å². The molecule has 0 bridgehead atoms. The molecule has 0 unspecified atom stereocenters. The fourth-order valence-electron chi connectivity index (χ4n) is 2.39. The van der Waals surface area contributed by atoms with Crippen molar-refractivity contribution in [3.63, 3.8) is 0 Å². The molecular weight excluding hydrogens is 437 g/mol. The summed E-state index contributed by atoms with van der Waals surface area (Å²) in [5.41, 5.74) is 1.75. The van der Waals surface area contributed by atoms with Crippen LogP contribution < -0.4 is 18.9 Å². The minimum Gasteiger partial charge on any atom is -0.407 e. The Morgan fingerprint density at radius 2 is 1.06 bits per heavy atom. The van der Waals surface area contributed by atoms with Crippen LogP contribution in [-0.2, 0) is 21.4 Å². The topological polar surface area (TPSA) is 98.6 Å². The Hall–Kier alpha value is -3.73. The first-order valence-corrected chi connectivity index (χ1v) is 11.4. The van der Waals surface area contributed by atoms with E-state index in [0.29, 0.717) is 28.6 Å². The summed E-state index contributed by atoms with van der Waals surface area (Å²) < 4.78 is 17.8. The quantitative estimate of drug-likeness (QED) is 0.262. The highest BCUT2D eigenvalue weighted by atomic mass is 32.5. The third-order valence-corrected chi connectivity index (χ3v) is 5.79. The maximum absolute atomic E-state index is 10.4. The van der Waals surface area contributed by atoms with Crippen LogP contribution in [0.2, 0.25) is 0 Å². The van der Waals surface area contributed by atoms with Gasteiger partial charge in [0.25, 0.3) is 0 Å². The zero-order chi connectivity index (χ0) is 22.1. The van der Waals surface area contributed by atoms with Crippen molar-refractivity contribution < 1.29 is 23.2 Å². The van der Waals surface area contributed by atoms with Gasteiger partial charge in [-0.2, -0.15) is 9.98 Å². The van der Waals surface area contributed by atoms with Crippen LogP contribution in [0, 0.1) is 0 Å². The van der Waals surface area contributed by atoms with Gasteiger partial charge in [-0.1, -0.05) is 0 Å². The number of carbonyl (C=O) groups excluding carboxylic acids is 2. The number of hydrogen-bond acceptors (Lipinski definition) is 9. The Kier molecular flexibility index (Phi) is 7.33. The van der Waals surface area contributed by atoms with E-state index in [1.165, 1.54) is 12.2 Å². The molecule has 0 aromatic heterocycles. The van der Waals surface area contributed by atoms with Gasteiger partial charge in [0.2, 0.25) is 12.2 Å². The Labute approximate surface area is 183 Å². The second-order valence-electron chi connectivity index (χ2n) is 5.89. The number of nitrogens with zero attached hydrogens (tertiary/aromatic N) is 2. The summed E-state index contributed by atoms with van der Waals surface area (Å²) in [6.07, 6.45) is 2.95. The molecule has 0 radical (unpaired) electrons. The lowest BCUT2D eigenvalue weighted by Crippen LogP contribution is -2.07. The first kappa shape index (κ1) is 22.0. The van der Waals surface area contributed by atoms with Crippen LogP contribution in [0.5, 0.6) is 17.2 Å². The maximum atomic E-state index is 10.4. The molecule has 1 N–H and O–H groups in total. The number of hydrogen-bond donors (Lipinski definition) is 1. The van der Waals surface area contributed by atoms with E-state index in [4.69, 9.17) is 25.4 Å². The van der Waals surface area contributed by atoms with Gasteiger partial charge in [-0.3, -0.25) is 0 Å². The number of isocyanates is 2. The number of anilines is 1. The lowest BCUT2D eigenvalue weighted by atomic mass is 10.3. The molecule has 10 heteroatoms. The van der Waals surface area contributed by atoms with Crippen molar-refractivity contribution >= 4 is 47.7 Å². The van der Waals surface area contributed by atoms with Crippen molar-refractivity contribution in [1.29, 1.82) is 0 Å². The molecular formula is C21H16N3O5PS. The lowest BCUT2D eigenvalue weighted by molar-refractivity contribution is 0.384. The molecule has 0 aliphatic rings. The summed E-state index contributed by atoms with van der Waals surface area (Å²) in [4.78, 5) is 27.9. The summed E-state index contributed by atoms with van der Waals surface area (Å²) in [5.74, 6) is 1.22. The predicted octanol–water partition coefficient (Wildman–Crippen LogP) is 5.42. The van der Waals surface area contributed by atoms with Crippen molar-refractivity contribution in [2.24, 2.45) is 9.98 Å². The fraction of sp³-hybridized carbons (Fsp3) is 0.0476. The maximum Gasteiger partial charge on any atom is 0.490 e. The van der Waals surface area contributed by atoms with E-state index in [1.807, 2.05) is 19.2 Å². The third kappa shape index (κ3) is 6.37. The van der Waals surface area contributed by atoms with Crippen LogP contribution in [-0.4, -0.2) is 19.2 Å². The van der Waals surface area contributed by atoms with Crippen LogP contribution in [0.25, 0.3) is 0 Å². The van der Waals surface area contributed by atoms with Crippen LogP contribution in [0.4, 0.5) is 17.1 Å². The highest BCUT2D eigenvalue weighted by Gasteiger charge is 2.27. The van der Waals surface area contributed by atoms with Crippen molar-refractivity contribution in [2.75, 3.05) is 12.4 Å². The Morgan fingerprint density at radius 3 is 1.39 bits per heavy atom.